The molecular formula is C14H8BrF3NO3-. The van der Waals surface area contributed by atoms with Gasteiger partial charge in [0.1, 0.15) is 0 Å². The topological polar surface area (TPSA) is 62.1 Å². The Balaban J connectivity index is 2.44. The molecule has 0 aliphatic heterocycles. The molecule has 1 heterocycles. The van der Waals surface area contributed by atoms with Crippen LogP contribution in [0, 0.1) is 0 Å². The highest BCUT2D eigenvalue weighted by atomic mass is 79.9. The van der Waals surface area contributed by atoms with Gasteiger partial charge < -0.3 is 14.5 Å². The van der Waals surface area contributed by atoms with E-state index < -0.39 is 28.8 Å². The molecule has 0 fully saturated rings. The number of rotatable bonds is 3. The molecule has 0 N–H and O–H groups in total. The number of carboxylic acid groups (broad SMARTS) is 1. The SMILES string of the molecule is O=C([O-])c1cc(Br)cn(Cc2cccc(C(F)(F)F)c2)c1=O. The first-order chi connectivity index (χ1) is 10.2. The van der Waals surface area contributed by atoms with E-state index in [-0.39, 0.29) is 12.1 Å². The molecule has 0 aliphatic carbocycles. The first-order valence-electron chi connectivity index (χ1n) is 5.96. The average molecular weight is 375 g/mol. The average Bonchev–Trinajstić information content (AvgIpc) is 2.41. The van der Waals surface area contributed by atoms with Gasteiger partial charge in [0.25, 0.3) is 5.56 Å². The molecule has 1 aromatic heterocycles. The molecule has 0 saturated carbocycles. The lowest BCUT2D eigenvalue weighted by Crippen LogP contribution is -2.33. The molecule has 116 valence electrons. The number of carbonyl (C=O) groups excluding carboxylic acids is 1. The fourth-order valence-electron chi connectivity index (χ4n) is 1.91. The molecule has 8 heteroatoms. The Hall–Kier alpha value is -2.09. The molecule has 1 aromatic carbocycles. The lowest BCUT2D eigenvalue weighted by Gasteiger charge is -2.12. The fraction of sp³-hybridized carbons (Fsp3) is 0.143. The monoisotopic (exact) mass is 374 g/mol. The van der Waals surface area contributed by atoms with Crippen LogP contribution in [-0.2, 0) is 12.7 Å². The maximum absolute atomic E-state index is 12.7. The van der Waals surface area contributed by atoms with E-state index in [0.717, 1.165) is 22.8 Å². The number of carboxylic acids is 1. The highest BCUT2D eigenvalue weighted by Crippen LogP contribution is 2.29. The van der Waals surface area contributed by atoms with Crippen molar-refractivity contribution in [2.45, 2.75) is 12.7 Å². The largest absolute Gasteiger partial charge is 0.545 e. The molecular weight excluding hydrogens is 367 g/mol. The molecule has 0 amide bonds. The van der Waals surface area contributed by atoms with Crippen LogP contribution in [0.5, 0.6) is 0 Å². The van der Waals surface area contributed by atoms with Gasteiger partial charge in [-0.25, -0.2) is 0 Å². The number of nitrogens with zero attached hydrogens (tertiary/aromatic N) is 1. The predicted octanol–water partition coefficient (Wildman–Crippen LogP) is 2.04. The van der Waals surface area contributed by atoms with E-state index >= 15 is 0 Å². The number of benzene rings is 1. The summed E-state index contributed by atoms with van der Waals surface area (Å²) in [7, 11) is 0. The Kier molecular flexibility index (Phi) is 4.41. The molecule has 4 nitrogen and oxygen atoms in total. The lowest BCUT2D eigenvalue weighted by molar-refractivity contribution is -0.255. The smallest absolute Gasteiger partial charge is 0.416 e. The van der Waals surface area contributed by atoms with Crippen molar-refractivity contribution in [3.63, 3.8) is 0 Å². The Bertz CT molecular complexity index is 784. The second-order valence-electron chi connectivity index (χ2n) is 4.49. The van der Waals surface area contributed by atoms with Gasteiger partial charge in [0, 0.05) is 10.7 Å². The van der Waals surface area contributed by atoms with Crippen LogP contribution < -0.4 is 10.7 Å². The third-order valence-corrected chi connectivity index (χ3v) is 3.31. The van der Waals surface area contributed by atoms with E-state index in [1.165, 1.54) is 18.3 Å². The second kappa shape index (κ2) is 5.96. The second-order valence-corrected chi connectivity index (χ2v) is 5.41. The Morgan fingerprint density at radius 1 is 1.27 bits per heavy atom. The van der Waals surface area contributed by atoms with Crippen molar-refractivity contribution < 1.29 is 23.1 Å². The summed E-state index contributed by atoms with van der Waals surface area (Å²) in [6.45, 7) is -0.192. The zero-order chi connectivity index (χ0) is 16.5. The van der Waals surface area contributed by atoms with Crippen LogP contribution in [0.4, 0.5) is 13.2 Å². The van der Waals surface area contributed by atoms with Crippen molar-refractivity contribution in [2.24, 2.45) is 0 Å². The van der Waals surface area contributed by atoms with Crippen LogP contribution in [0.15, 0.2) is 45.8 Å². The lowest BCUT2D eigenvalue weighted by atomic mass is 10.1. The number of pyridine rings is 1. The van der Waals surface area contributed by atoms with Crippen LogP contribution >= 0.6 is 15.9 Å². The van der Waals surface area contributed by atoms with Crippen molar-refractivity contribution in [2.75, 3.05) is 0 Å². The van der Waals surface area contributed by atoms with E-state index in [1.54, 1.807) is 0 Å². The molecule has 2 aromatic rings. The van der Waals surface area contributed by atoms with Gasteiger partial charge in [-0.2, -0.15) is 13.2 Å². The minimum Gasteiger partial charge on any atom is -0.545 e. The maximum atomic E-state index is 12.7. The van der Waals surface area contributed by atoms with Crippen molar-refractivity contribution >= 4 is 21.9 Å². The predicted molar refractivity (Wildman–Crippen MR) is 73.3 cm³/mol. The number of halogens is 4. The number of aromatic carboxylic acids is 1. The summed E-state index contributed by atoms with van der Waals surface area (Å²) < 4.78 is 39.3. The van der Waals surface area contributed by atoms with E-state index in [2.05, 4.69) is 15.9 Å². The third-order valence-electron chi connectivity index (χ3n) is 2.88. The van der Waals surface area contributed by atoms with Crippen molar-refractivity contribution in [3.8, 4) is 0 Å². The summed E-state index contributed by atoms with van der Waals surface area (Å²) >= 11 is 3.04. The van der Waals surface area contributed by atoms with Gasteiger partial charge in [0.2, 0.25) is 0 Å². The van der Waals surface area contributed by atoms with Gasteiger partial charge in [0.15, 0.2) is 0 Å². The Labute approximate surface area is 130 Å². The normalized spacial score (nSPS) is 11.5. The van der Waals surface area contributed by atoms with Crippen LogP contribution in [0.2, 0.25) is 0 Å². The molecule has 0 atom stereocenters. The summed E-state index contributed by atoms with van der Waals surface area (Å²) in [5.74, 6) is -1.65. The van der Waals surface area contributed by atoms with E-state index in [1.807, 2.05) is 0 Å². The van der Waals surface area contributed by atoms with Crippen LogP contribution in [0.3, 0.4) is 0 Å². The first kappa shape index (κ1) is 16.3. The summed E-state index contributed by atoms with van der Waals surface area (Å²) in [4.78, 5) is 22.8. The zero-order valence-electron chi connectivity index (χ0n) is 10.9. The highest BCUT2D eigenvalue weighted by molar-refractivity contribution is 9.10. The summed E-state index contributed by atoms with van der Waals surface area (Å²) in [6.07, 6.45) is -3.19. The number of hydrogen-bond donors (Lipinski definition) is 0. The quantitative estimate of drug-likeness (QED) is 0.825. The minimum absolute atomic E-state index is 0.192. The van der Waals surface area contributed by atoms with Crippen LogP contribution in [0.25, 0.3) is 0 Å². The van der Waals surface area contributed by atoms with Crippen molar-refractivity contribution in [1.82, 2.24) is 4.57 Å². The van der Waals surface area contributed by atoms with Crippen LogP contribution in [-0.4, -0.2) is 10.5 Å². The zero-order valence-corrected chi connectivity index (χ0v) is 12.4. The minimum atomic E-state index is -4.49. The van der Waals surface area contributed by atoms with E-state index in [4.69, 9.17) is 0 Å². The van der Waals surface area contributed by atoms with Gasteiger partial charge in [0.05, 0.1) is 23.6 Å². The number of hydrogen-bond acceptors (Lipinski definition) is 3. The Morgan fingerprint density at radius 2 is 1.95 bits per heavy atom. The van der Waals surface area contributed by atoms with Crippen molar-refractivity contribution in [1.29, 1.82) is 0 Å². The highest BCUT2D eigenvalue weighted by Gasteiger charge is 2.30. The number of carbonyl (C=O) groups is 1. The molecule has 0 bridgehead atoms. The van der Waals surface area contributed by atoms with Crippen molar-refractivity contribution in [3.05, 3.63) is 68.0 Å². The van der Waals surface area contributed by atoms with Gasteiger partial charge >= 0.3 is 6.18 Å². The maximum Gasteiger partial charge on any atom is 0.416 e. The van der Waals surface area contributed by atoms with E-state index in [9.17, 15) is 27.9 Å². The molecule has 22 heavy (non-hydrogen) atoms. The third kappa shape index (κ3) is 3.56. The van der Waals surface area contributed by atoms with Gasteiger partial charge in [-0.05, 0) is 39.7 Å². The van der Waals surface area contributed by atoms with Gasteiger partial charge in [-0.15, -0.1) is 0 Å². The number of aromatic nitrogens is 1. The summed E-state index contributed by atoms with van der Waals surface area (Å²) in [6, 6.07) is 5.55. The Morgan fingerprint density at radius 3 is 2.55 bits per heavy atom. The van der Waals surface area contributed by atoms with Gasteiger partial charge in [-0.3, -0.25) is 4.79 Å². The molecule has 0 aliphatic rings. The molecule has 0 spiro atoms. The fourth-order valence-corrected chi connectivity index (χ4v) is 2.38. The number of alkyl halides is 3. The first-order valence-corrected chi connectivity index (χ1v) is 6.75. The molecule has 0 radical (unpaired) electrons. The van der Waals surface area contributed by atoms with Crippen LogP contribution in [0.1, 0.15) is 21.5 Å². The molecule has 0 saturated heterocycles. The summed E-state index contributed by atoms with van der Waals surface area (Å²) in [5.41, 5.74) is -2.03. The summed E-state index contributed by atoms with van der Waals surface area (Å²) in [5, 5.41) is 10.9. The molecule has 2 rings (SSSR count). The van der Waals surface area contributed by atoms with E-state index in [0.29, 0.717) is 4.47 Å². The molecule has 0 unspecified atom stereocenters. The van der Waals surface area contributed by atoms with Gasteiger partial charge in [-0.1, -0.05) is 12.1 Å². The standard InChI is InChI=1S/C14H9BrF3NO3/c15-10-5-11(13(21)22)12(20)19(7-10)6-8-2-1-3-9(4-8)14(16,17)18/h1-5,7H,6H2,(H,21,22)/p-1.